The van der Waals surface area contributed by atoms with Crippen LogP contribution in [0.15, 0.2) is 18.2 Å². The lowest BCUT2D eigenvalue weighted by atomic mass is 10.1. The van der Waals surface area contributed by atoms with E-state index in [2.05, 4.69) is 0 Å². The van der Waals surface area contributed by atoms with Gasteiger partial charge in [-0.1, -0.05) is 6.92 Å². The van der Waals surface area contributed by atoms with Gasteiger partial charge in [0, 0.05) is 19.3 Å². The first-order chi connectivity index (χ1) is 7.90. The number of benzene rings is 1. The van der Waals surface area contributed by atoms with Crippen molar-refractivity contribution < 1.29 is 13.2 Å². The molecular formula is C12H13F3N2. The van der Waals surface area contributed by atoms with Gasteiger partial charge in [-0.05, 0) is 24.6 Å². The van der Waals surface area contributed by atoms with Gasteiger partial charge >= 0.3 is 6.18 Å². The molecular weight excluding hydrogens is 229 g/mol. The fourth-order valence-electron chi connectivity index (χ4n) is 1.57. The van der Waals surface area contributed by atoms with Crippen LogP contribution < -0.4 is 4.90 Å². The second-order valence-corrected chi connectivity index (χ2v) is 3.76. The van der Waals surface area contributed by atoms with Gasteiger partial charge < -0.3 is 4.90 Å². The van der Waals surface area contributed by atoms with Gasteiger partial charge in [0.05, 0.1) is 17.2 Å². The van der Waals surface area contributed by atoms with E-state index in [1.165, 1.54) is 12.1 Å². The highest BCUT2D eigenvalue weighted by Gasteiger charge is 2.34. The van der Waals surface area contributed by atoms with Gasteiger partial charge in [-0.3, -0.25) is 0 Å². The molecule has 1 rings (SSSR count). The number of hydrogen-bond donors (Lipinski definition) is 0. The minimum Gasteiger partial charge on any atom is -0.375 e. The van der Waals surface area contributed by atoms with Gasteiger partial charge in [-0.15, -0.1) is 0 Å². The maximum Gasteiger partial charge on any atom is 0.417 e. The van der Waals surface area contributed by atoms with E-state index >= 15 is 0 Å². The second kappa shape index (κ2) is 5.09. The lowest BCUT2D eigenvalue weighted by Crippen LogP contribution is -2.19. The van der Waals surface area contributed by atoms with Crippen LogP contribution in [0, 0.1) is 11.3 Å². The Morgan fingerprint density at radius 1 is 1.35 bits per heavy atom. The zero-order valence-electron chi connectivity index (χ0n) is 9.67. The number of hydrogen-bond acceptors (Lipinski definition) is 2. The monoisotopic (exact) mass is 242 g/mol. The van der Waals surface area contributed by atoms with Crippen LogP contribution in [0.25, 0.3) is 0 Å². The minimum atomic E-state index is -4.49. The summed E-state index contributed by atoms with van der Waals surface area (Å²) in [5, 5.41) is 8.65. The Balaban J connectivity index is 3.19. The first kappa shape index (κ1) is 13.4. The smallest absolute Gasteiger partial charge is 0.375 e. The van der Waals surface area contributed by atoms with Crippen molar-refractivity contribution in [2.75, 3.05) is 18.5 Å². The van der Waals surface area contributed by atoms with Crippen LogP contribution in [-0.4, -0.2) is 13.6 Å². The van der Waals surface area contributed by atoms with Gasteiger partial charge in [-0.2, -0.15) is 18.4 Å². The standard InChI is InChI=1S/C12H13F3N2/c1-3-6-17(2)10-5-4-9(8-16)11(7-10)12(13,14)15/h4-5,7H,3,6H2,1-2H3. The molecule has 2 nitrogen and oxygen atoms in total. The minimum absolute atomic E-state index is 0.342. The summed E-state index contributed by atoms with van der Waals surface area (Å²) in [5.74, 6) is 0. The van der Waals surface area contributed by atoms with Crippen LogP contribution in [0.3, 0.4) is 0 Å². The number of anilines is 1. The molecule has 0 amide bonds. The zero-order valence-corrected chi connectivity index (χ0v) is 9.67. The molecule has 0 atom stereocenters. The fourth-order valence-corrected chi connectivity index (χ4v) is 1.57. The van der Waals surface area contributed by atoms with Gasteiger partial charge in [0.15, 0.2) is 0 Å². The molecule has 1 aromatic rings. The Morgan fingerprint density at radius 3 is 2.47 bits per heavy atom. The van der Waals surface area contributed by atoms with Crippen LogP contribution in [0.1, 0.15) is 24.5 Å². The molecule has 0 saturated carbocycles. The molecule has 0 aliphatic carbocycles. The van der Waals surface area contributed by atoms with Crippen molar-refractivity contribution >= 4 is 5.69 Å². The maximum atomic E-state index is 12.7. The van der Waals surface area contributed by atoms with Gasteiger partial charge in [0.25, 0.3) is 0 Å². The van der Waals surface area contributed by atoms with Gasteiger partial charge in [-0.25, -0.2) is 0 Å². The molecule has 17 heavy (non-hydrogen) atoms. The molecule has 0 bridgehead atoms. The molecule has 0 N–H and O–H groups in total. The lowest BCUT2D eigenvalue weighted by molar-refractivity contribution is -0.137. The highest BCUT2D eigenvalue weighted by atomic mass is 19.4. The molecule has 0 unspecified atom stereocenters. The topological polar surface area (TPSA) is 27.0 Å². The van der Waals surface area contributed by atoms with Crippen molar-refractivity contribution in [1.29, 1.82) is 5.26 Å². The number of nitrogens with zero attached hydrogens (tertiary/aromatic N) is 2. The van der Waals surface area contributed by atoms with E-state index in [9.17, 15) is 13.2 Å². The summed E-state index contributed by atoms with van der Waals surface area (Å²) in [6.45, 7) is 2.62. The van der Waals surface area contributed by atoms with Crippen LogP contribution in [0.2, 0.25) is 0 Å². The summed E-state index contributed by atoms with van der Waals surface area (Å²) in [4.78, 5) is 1.73. The third-order valence-electron chi connectivity index (χ3n) is 2.43. The summed E-state index contributed by atoms with van der Waals surface area (Å²) >= 11 is 0. The predicted molar refractivity (Wildman–Crippen MR) is 59.7 cm³/mol. The average molecular weight is 242 g/mol. The summed E-state index contributed by atoms with van der Waals surface area (Å²) in [6.07, 6.45) is -3.65. The van der Waals surface area contributed by atoms with Crippen LogP contribution >= 0.6 is 0 Å². The van der Waals surface area contributed by atoms with Crippen molar-refractivity contribution in [3.05, 3.63) is 29.3 Å². The van der Waals surface area contributed by atoms with E-state index in [-0.39, 0.29) is 5.56 Å². The van der Waals surface area contributed by atoms with Gasteiger partial charge in [0.1, 0.15) is 0 Å². The normalized spacial score (nSPS) is 11.1. The first-order valence-corrected chi connectivity index (χ1v) is 5.22. The third kappa shape index (κ3) is 3.13. The Labute approximate surface area is 98.3 Å². The molecule has 0 saturated heterocycles. The quantitative estimate of drug-likeness (QED) is 0.812. The highest BCUT2D eigenvalue weighted by Crippen LogP contribution is 2.34. The lowest BCUT2D eigenvalue weighted by Gasteiger charge is -2.20. The van der Waals surface area contributed by atoms with Crippen LogP contribution in [0.4, 0.5) is 18.9 Å². The Morgan fingerprint density at radius 2 is 2.00 bits per heavy atom. The van der Waals surface area contributed by atoms with E-state index in [1.54, 1.807) is 18.0 Å². The Hall–Kier alpha value is -1.70. The molecule has 0 aromatic heterocycles. The Bertz CT molecular complexity index is 432. The Kier molecular flexibility index (Phi) is 4.00. The molecule has 0 fully saturated rings. The molecule has 0 spiro atoms. The summed E-state index contributed by atoms with van der Waals surface area (Å²) in [7, 11) is 1.73. The number of halogens is 3. The summed E-state index contributed by atoms with van der Waals surface area (Å²) < 4.78 is 38.1. The number of nitriles is 1. The van der Waals surface area contributed by atoms with E-state index in [0.29, 0.717) is 12.2 Å². The summed E-state index contributed by atoms with van der Waals surface area (Å²) in [5.41, 5.74) is -0.746. The van der Waals surface area contributed by atoms with Crippen molar-refractivity contribution in [3.63, 3.8) is 0 Å². The number of alkyl halides is 3. The molecule has 0 aliphatic heterocycles. The van der Waals surface area contributed by atoms with E-state index in [4.69, 9.17) is 5.26 Å². The third-order valence-corrected chi connectivity index (χ3v) is 2.43. The van der Waals surface area contributed by atoms with Crippen molar-refractivity contribution in [3.8, 4) is 6.07 Å². The van der Waals surface area contributed by atoms with Crippen molar-refractivity contribution in [2.45, 2.75) is 19.5 Å². The first-order valence-electron chi connectivity index (χ1n) is 5.22. The van der Waals surface area contributed by atoms with E-state index < -0.39 is 11.7 Å². The average Bonchev–Trinajstić information content (AvgIpc) is 2.27. The maximum absolute atomic E-state index is 12.7. The molecule has 0 aliphatic rings. The van der Waals surface area contributed by atoms with Crippen molar-refractivity contribution in [2.24, 2.45) is 0 Å². The van der Waals surface area contributed by atoms with E-state index in [0.717, 1.165) is 12.5 Å². The zero-order chi connectivity index (χ0) is 13.1. The largest absolute Gasteiger partial charge is 0.417 e. The number of rotatable bonds is 3. The highest BCUT2D eigenvalue weighted by molar-refractivity contribution is 5.54. The summed E-state index contributed by atoms with van der Waals surface area (Å²) in [6, 6.07) is 5.33. The molecule has 1 aromatic carbocycles. The fraction of sp³-hybridized carbons (Fsp3) is 0.417. The van der Waals surface area contributed by atoms with E-state index in [1.807, 2.05) is 6.92 Å². The van der Waals surface area contributed by atoms with Crippen LogP contribution in [-0.2, 0) is 6.18 Å². The molecule has 0 heterocycles. The molecule has 5 heteroatoms. The second-order valence-electron chi connectivity index (χ2n) is 3.76. The molecule has 92 valence electrons. The molecule has 0 radical (unpaired) electrons. The van der Waals surface area contributed by atoms with Crippen LogP contribution in [0.5, 0.6) is 0 Å². The van der Waals surface area contributed by atoms with Gasteiger partial charge in [0.2, 0.25) is 0 Å². The predicted octanol–water partition coefficient (Wildman–Crippen LogP) is 3.42. The van der Waals surface area contributed by atoms with Crippen molar-refractivity contribution in [1.82, 2.24) is 0 Å². The SMILES string of the molecule is CCCN(C)c1ccc(C#N)c(C(F)(F)F)c1.